The lowest BCUT2D eigenvalue weighted by molar-refractivity contribution is -0.115. The quantitative estimate of drug-likeness (QED) is 0.883. The summed E-state index contributed by atoms with van der Waals surface area (Å²) >= 11 is 5.77. The molecule has 0 heterocycles. The van der Waals surface area contributed by atoms with Gasteiger partial charge in [0, 0.05) is 22.3 Å². The van der Waals surface area contributed by atoms with E-state index in [-0.39, 0.29) is 24.3 Å². The monoisotopic (exact) mass is 306 g/mol. The van der Waals surface area contributed by atoms with Crippen LogP contribution in [0.3, 0.4) is 0 Å². The summed E-state index contributed by atoms with van der Waals surface area (Å²) in [5, 5.41) is 6.34. The first-order chi connectivity index (χ1) is 10.1. The number of nitrogens with one attached hydrogen (secondary N) is 2. The highest BCUT2D eigenvalue weighted by Gasteiger charge is 2.11. The van der Waals surface area contributed by atoms with Crippen molar-refractivity contribution < 1.29 is 9.18 Å². The van der Waals surface area contributed by atoms with Crippen molar-refractivity contribution >= 4 is 23.2 Å². The lowest BCUT2D eigenvalue weighted by Crippen LogP contribution is -2.30. The van der Waals surface area contributed by atoms with Crippen LogP contribution in [0, 0.1) is 5.82 Å². The first-order valence-electron chi connectivity index (χ1n) is 6.59. The second kappa shape index (κ2) is 7.20. The van der Waals surface area contributed by atoms with Crippen molar-refractivity contribution in [2.24, 2.45) is 0 Å². The fourth-order valence-corrected chi connectivity index (χ4v) is 2.05. The summed E-state index contributed by atoms with van der Waals surface area (Å²) in [4.78, 5) is 11.8. The van der Waals surface area contributed by atoms with Crippen molar-refractivity contribution in [1.82, 2.24) is 5.32 Å². The highest BCUT2D eigenvalue weighted by Crippen LogP contribution is 2.16. The average Bonchev–Trinajstić information content (AvgIpc) is 2.48. The maximum Gasteiger partial charge on any atom is 0.238 e. The molecule has 3 nitrogen and oxygen atoms in total. The van der Waals surface area contributed by atoms with Crippen LogP contribution >= 0.6 is 11.6 Å². The van der Waals surface area contributed by atoms with Crippen LogP contribution in [0.1, 0.15) is 18.5 Å². The molecule has 0 bridgehead atoms. The molecule has 0 saturated carbocycles. The van der Waals surface area contributed by atoms with Gasteiger partial charge in [0.15, 0.2) is 0 Å². The molecule has 1 unspecified atom stereocenters. The summed E-state index contributed by atoms with van der Waals surface area (Å²) < 4.78 is 13.6. The van der Waals surface area contributed by atoms with Gasteiger partial charge >= 0.3 is 0 Å². The van der Waals surface area contributed by atoms with E-state index in [2.05, 4.69) is 10.6 Å². The highest BCUT2D eigenvalue weighted by molar-refractivity contribution is 6.30. The molecule has 0 saturated heterocycles. The van der Waals surface area contributed by atoms with Gasteiger partial charge in [-0.1, -0.05) is 29.8 Å². The third-order valence-electron chi connectivity index (χ3n) is 3.07. The Morgan fingerprint density at radius 3 is 2.52 bits per heavy atom. The average molecular weight is 307 g/mol. The van der Waals surface area contributed by atoms with Gasteiger partial charge in [0.2, 0.25) is 5.91 Å². The van der Waals surface area contributed by atoms with E-state index in [0.717, 1.165) is 0 Å². The zero-order valence-electron chi connectivity index (χ0n) is 11.6. The minimum Gasteiger partial charge on any atom is -0.325 e. The Bertz CT molecular complexity index is 616. The number of hydrogen-bond donors (Lipinski definition) is 2. The molecule has 110 valence electrons. The molecule has 2 aromatic carbocycles. The third-order valence-corrected chi connectivity index (χ3v) is 3.32. The van der Waals surface area contributed by atoms with E-state index in [9.17, 15) is 9.18 Å². The summed E-state index contributed by atoms with van der Waals surface area (Å²) in [7, 11) is 0. The molecule has 1 amide bonds. The van der Waals surface area contributed by atoms with Gasteiger partial charge in [-0.2, -0.15) is 0 Å². The number of benzene rings is 2. The van der Waals surface area contributed by atoms with Crippen LogP contribution < -0.4 is 10.6 Å². The fourth-order valence-electron chi connectivity index (χ4n) is 1.92. The van der Waals surface area contributed by atoms with Gasteiger partial charge in [-0.3, -0.25) is 4.79 Å². The van der Waals surface area contributed by atoms with Gasteiger partial charge in [-0.15, -0.1) is 0 Å². The molecule has 1 atom stereocenters. The van der Waals surface area contributed by atoms with Crippen LogP contribution in [0.5, 0.6) is 0 Å². The normalized spacial score (nSPS) is 12.0. The van der Waals surface area contributed by atoms with Crippen LogP contribution in [0.2, 0.25) is 5.02 Å². The maximum absolute atomic E-state index is 13.6. The standard InChI is InChI=1S/C16H16ClFN2O/c1-11(14-4-2-3-5-15(14)18)19-10-16(21)20-13-8-6-12(17)7-9-13/h2-9,11,19H,10H2,1H3,(H,20,21). The van der Waals surface area contributed by atoms with Crippen molar-refractivity contribution in [3.8, 4) is 0 Å². The third kappa shape index (κ3) is 4.55. The second-order valence-corrected chi connectivity index (χ2v) is 5.12. The molecule has 5 heteroatoms. The predicted octanol–water partition coefficient (Wildman–Crippen LogP) is 3.77. The lowest BCUT2D eigenvalue weighted by Gasteiger charge is -2.14. The van der Waals surface area contributed by atoms with Gasteiger partial charge in [-0.05, 0) is 37.3 Å². The molecule has 0 aliphatic carbocycles. The number of halogens is 2. The van der Waals surface area contributed by atoms with Gasteiger partial charge in [0.1, 0.15) is 5.82 Å². The Morgan fingerprint density at radius 2 is 1.86 bits per heavy atom. The van der Waals surface area contributed by atoms with Crippen molar-refractivity contribution in [1.29, 1.82) is 0 Å². The van der Waals surface area contributed by atoms with E-state index in [0.29, 0.717) is 16.3 Å². The number of amides is 1. The second-order valence-electron chi connectivity index (χ2n) is 4.68. The van der Waals surface area contributed by atoms with E-state index < -0.39 is 0 Å². The molecule has 21 heavy (non-hydrogen) atoms. The molecule has 0 fully saturated rings. The molecule has 0 aliphatic heterocycles. The van der Waals surface area contributed by atoms with Crippen molar-refractivity contribution in [2.75, 3.05) is 11.9 Å². The zero-order chi connectivity index (χ0) is 15.2. The minimum absolute atomic E-state index is 0.0954. The Balaban J connectivity index is 1.86. The van der Waals surface area contributed by atoms with Crippen LogP contribution in [-0.2, 0) is 4.79 Å². The van der Waals surface area contributed by atoms with Crippen LogP contribution in [0.15, 0.2) is 48.5 Å². The van der Waals surface area contributed by atoms with Gasteiger partial charge in [0.05, 0.1) is 6.54 Å². The molecule has 2 rings (SSSR count). The summed E-state index contributed by atoms with van der Waals surface area (Å²) in [5.74, 6) is -0.476. The summed E-state index contributed by atoms with van der Waals surface area (Å²) in [6.07, 6.45) is 0. The Morgan fingerprint density at radius 1 is 1.19 bits per heavy atom. The summed E-state index contributed by atoms with van der Waals surface area (Å²) in [5.41, 5.74) is 1.21. The topological polar surface area (TPSA) is 41.1 Å². The SMILES string of the molecule is CC(NCC(=O)Nc1ccc(Cl)cc1)c1ccccc1F. The van der Waals surface area contributed by atoms with Gasteiger partial charge < -0.3 is 10.6 Å². The zero-order valence-corrected chi connectivity index (χ0v) is 12.3. The summed E-state index contributed by atoms with van der Waals surface area (Å²) in [6.45, 7) is 1.91. The van der Waals surface area contributed by atoms with Gasteiger partial charge in [-0.25, -0.2) is 4.39 Å². The molecular formula is C16H16ClFN2O. The predicted molar refractivity (Wildman–Crippen MR) is 82.9 cm³/mol. The van der Waals surface area contributed by atoms with E-state index in [1.54, 1.807) is 42.5 Å². The number of hydrogen-bond acceptors (Lipinski definition) is 2. The number of rotatable bonds is 5. The largest absolute Gasteiger partial charge is 0.325 e. The molecular weight excluding hydrogens is 291 g/mol. The van der Waals surface area contributed by atoms with Crippen molar-refractivity contribution in [2.45, 2.75) is 13.0 Å². The van der Waals surface area contributed by atoms with Crippen LogP contribution in [0.4, 0.5) is 10.1 Å². The minimum atomic E-state index is -0.282. The fraction of sp³-hybridized carbons (Fsp3) is 0.188. The van der Waals surface area contributed by atoms with Gasteiger partial charge in [0.25, 0.3) is 0 Å². The van der Waals surface area contributed by atoms with E-state index in [1.807, 2.05) is 6.92 Å². The molecule has 0 aliphatic rings. The molecule has 0 aromatic heterocycles. The smallest absolute Gasteiger partial charge is 0.238 e. The van der Waals surface area contributed by atoms with Crippen LogP contribution in [0.25, 0.3) is 0 Å². The maximum atomic E-state index is 13.6. The summed E-state index contributed by atoms with van der Waals surface area (Å²) in [6, 6.07) is 13.1. The van der Waals surface area contributed by atoms with E-state index in [1.165, 1.54) is 6.07 Å². The Hall–Kier alpha value is -1.91. The Kier molecular flexibility index (Phi) is 5.31. The number of carbonyl (C=O) groups excluding carboxylic acids is 1. The highest BCUT2D eigenvalue weighted by atomic mass is 35.5. The molecule has 0 spiro atoms. The van der Waals surface area contributed by atoms with E-state index in [4.69, 9.17) is 11.6 Å². The number of anilines is 1. The first-order valence-corrected chi connectivity index (χ1v) is 6.97. The van der Waals surface area contributed by atoms with Crippen LogP contribution in [-0.4, -0.2) is 12.5 Å². The Labute approximate surface area is 128 Å². The van der Waals surface area contributed by atoms with Crippen molar-refractivity contribution in [3.05, 3.63) is 64.9 Å². The molecule has 2 N–H and O–H groups in total. The molecule has 0 radical (unpaired) electrons. The number of carbonyl (C=O) groups is 1. The van der Waals surface area contributed by atoms with E-state index >= 15 is 0 Å². The first kappa shape index (κ1) is 15.5. The van der Waals surface area contributed by atoms with Crippen molar-refractivity contribution in [3.63, 3.8) is 0 Å². The lowest BCUT2D eigenvalue weighted by atomic mass is 10.1. The molecule has 2 aromatic rings.